The Morgan fingerprint density at radius 1 is 1.10 bits per heavy atom. The van der Waals surface area contributed by atoms with Crippen LogP contribution in [-0.2, 0) is 25.6 Å². The lowest BCUT2D eigenvalue weighted by molar-refractivity contribution is -0.196. The highest BCUT2D eigenvalue weighted by atomic mass is 19.1. The summed E-state index contributed by atoms with van der Waals surface area (Å²) in [7, 11) is 0. The molecule has 2 bridgehead atoms. The first-order chi connectivity index (χ1) is 13.9. The maximum atomic E-state index is 14.1. The number of ether oxygens (including phenoxy) is 3. The molecule has 0 spiro atoms. The summed E-state index contributed by atoms with van der Waals surface area (Å²) in [5.41, 5.74) is -1.84. The Balaban J connectivity index is 2.04. The molecule has 2 amide bonds. The quantitative estimate of drug-likeness (QED) is 0.702. The predicted octanol–water partition coefficient (Wildman–Crippen LogP) is 2.95. The van der Waals surface area contributed by atoms with Crippen LogP contribution >= 0.6 is 0 Å². The largest absolute Gasteiger partial charge is 0.448 e. The van der Waals surface area contributed by atoms with Crippen LogP contribution in [0.3, 0.4) is 0 Å². The summed E-state index contributed by atoms with van der Waals surface area (Å²) in [4.78, 5) is 38.3. The van der Waals surface area contributed by atoms with Crippen molar-refractivity contribution < 1.29 is 33.0 Å². The third kappa shape index (κ3) is 3.73. The molecule has 2 heterocycles. The Bertz CT molecular complexity index is 870. The number of carbonyl (C=O) groups is 3. The molecule has 1 aromatic rings. The fraction of sp³-hybridized carbons (Fsp3) is 0.350. The number of ketones is 1. The number of fused-ring (bicyclic) bond motifs is 2. The fourth-order valence-electron chi connectivity index (χ4n) is 3.10. The molecule has 0 aromatic heterocycles. The van der Waals surface area contributed by atoms with Gasteiger partial charge in [-0.3, -0.25) is 4.79 Å². The normalized spacial score (nSPS) is 22.6. The Morgan fingerprint density at radius 2 is 1.79 bits per heavy atom. The second-order valence-electron chi connectivity index (χ2n) is 6.20. The number of halogens is 1. The van der Waals surface area contributed by atoms with Crippen molar-refractivity contribution in [3.8, 4) is 0 Å². The summed E-state index contributed by atoms with van der Waals surface area (Å²) in [6.45, 7) is 2.94. The standard InChI is InChI=1S/C20H21FN2O6/c1-3-27-18(25)22-15-9-10-17(24)20(12-11-15,23(22)19(26)28-4-2)29-13-14-7-5-6-8-16(14)21/h5-12,15H,3-4,13H2,1-2H3/t15-,20+/m0/s1. The van der Waals surface area contributed by atoms with Crippen molar-refractivity contribution in [1.29, 1.82) is 0 Å². The number of hydrogen-bond donors (Lipinski definition) is 0. The van der Waals surface area contributed by atoms with Crippen LogP contribution in [0.2, 0.25) is 0 Å². The number of carbonyl (C=O) groups excluding carboxylic acids is 3. The maximum Gasteiger partial charge on any atom is 0.432 e. The highest BCUT2D eigenvalue weighted by Crippen LogP contribution is 2.35. The lowest BCUT2D eigenvalue weighted by atomic mass is 10.1. The molecule has 0 fully saturated rings. The topological polar surface area (TPSA) is 85.4 Å². The summed E-state index contributed by atoms with van der Waals surface area (Å²) >= 11 is 0. The fourth-order valence-corrected chi connectivity index (χ4v) is 3.10. The van der Waals surface area contributed by atoms with Gasteiger partial charge in [-0.25, -0.2) is 14.0 Å². The van der Waals surface area contributed by atoms with Crippen LogP contribution in [0.25, 0.3) is 0 Å². The first-order valence-corrected chi connectivity index (χ1v) is 9.16. The lowest BCUT2D eigenvalue weighted by Crippen LogP contribution is -2.67. The van der Waals surface area contributed by atoms with Gasteiger partial charge in [0.1, 0.15) is 5.82 Å². The third-order valence-corrected chi connectivity index (χ3v) is 4.43. The van der Waals surface area contributed by atoms with Crippen LogP contribution in [-0.4, -0.2) is 53.0 Å². The molecule has 0 N–H and O–H groups in total. The van der Waals surface area contributed by atoms with Crippen LogP contribution in [0.1, 0.15) is 19.4 Å². The Morgan fingerprint density at radius 3 is 2.48 bits per heavy atom. The van der Waals surface area contributed by atoms with Crippen LogP contribution in [0.4, 0.5) is 14.0 Å². The summed E-state index contributed by atoms with van der Waals surface area (Å²) in [6, 6.07) is 5.14. The first-order valence-electron chi connectivity index (χ1n) is 9.16. The minimum atomic E-state index is -2.02. The molecular formula is C20H21FN2O6. The molecule has 0 saturated carbocycles. The van der Waals surface area contributed by atoms with Crippen molar-refractivity contribution in [1.82, 2.24) is 10.0 Å². The molecular weight excluding hydrogens is 383 g/mol. The van der Waals surface area contributed by atoms with E-state index in [0.29, 0.717) is 0 Å². The molecule has 29 heavy (non-hydrogen) atoms. The van der Waals surface area contributed by atoms with Crippen LogP contribution in [0, 0.1) is 5.82 Å². The van der Waals surface area contributed by atoms with Crippen molar-refractivity contribution in [2.45, 2.75) is 32.2 Å². The molecule has 9 heteroatoms. The van der Waals surface area contributed by atoms with Crippen LogP contribution < -0.4 is 0 Å². The number of nitrogens with zero attached hydrogens (tertiary/aromatic N) is 2. The lowest BCUT2D eigenvalue weighted by Gasteiger charge is -2.46. The zero-order valence-electron chi connectivity index (χ0n) is 16.0. The van der Waals surface area contributed by atoms with Gasteiger partial charge >= 0.3 is 12.2 Å². The number of hydrazine groups is 1. The summed E-state index contributed by atoms with van der Waals surface area (Å²) in [6.07, 6.45) is 3.75. The smallest absolute Gasteiger partial charge is 0.432 e. The number of rotatable bonds is 5. The third-order valence-electron chi connectivity index (χ3n) is 4.43. The van der Waals surface area contributed by atoms with Gasteiger partial charge in [-0.2, -0.15) is 10.0 Å². The predicted molar refractivity (Wildman–Crippen MR) is 98.7 cm³/mol. The van der Waals surface area contributed by atoms with E-state index in [9.17, 15) is 18.8 Å². The molecule has 1 aliphatic carbocycles. The molecule has 0 unspecified atom stereocenters. The Labute approximate surface area is 167 Å². The minimum Gasteiger partial charge on any atom is -0.448 e. The highest BCUT2D eigenvalue weighted by Gasteiger charge is 2.55. The molecule has 2 aliphatic heterocycles. The second-order valence-corrected chi connectivity index (χ2v) is 6.20. The van der Waals surface area contributed by atoms with Crippen molar-refractivity contribution in [3.63, 3.8) is 0 Å². The second kappa shape index (κ2) is 8.44. The molecule has 3 aliphatic rings. The molecule has 2 atom stereocenters. The molecule has 154 valence electrons. The van der Waals surface area contributed by atoms with Crippen molar-refractivity contribution in [3.05, 3.63) is 60.0 Å². The van der Waals surface area contributed by atoms with E-state index in [1.165, 1.54) is 42.5 Å². The van der Waals surface area contributed by atoms with Gasteiger partial charge in [0.2, 0.25) is 11.5 Å². The van der Waals surface area contributed by atoms with Gasteiger partial charge in [0.15, 0.2) is 0 Å². The van der Waals surface area contributed by atoms with Gasteiger partial charge in [0.25, 0.3) is 0 Å². The van der Waals surface area contributed by atoms with E-state index in [1.807, 2.05) is 0 Å². The van der Waals surface area contributed by atoms with Gasteiger partial charge in [-0.15, -0.1) is 0 Å². The molecule has 0 saturated heterocycles. The molecule has 4 rings (SSSR count). The van der Waals surface area contributed by atoms with Gasteiger partial charge in [0, 0.05) is 5.56 Å². The summed E-state index contributed by atoms with van der Waals surface area (Å²) in [5, 5.41) is 1.76. The average molecular weight is 404 g/mol. The number of hydrogen-bond acceptors (Lipinski definition) is 6. The van der Waals surface area contributed by atoms with E-state index in [0.717, 1.165) is 10.0 Å². The SMILES string of the molecule is CCOC(=O)N1[C@H]2C=CC(=O)[C@](OCc3ccccc3F)(C=C2)N1C(=O)OCC. The first kappa shape index (κ1) is 20.5. The van der Waals surface area contributed by atoms with Crippen molar-refractivity contribution in [2.75, 3.05) is 13.2 Å². The average Bonchev–Trinajstić information content (AvgIpc) is 2.93. The monoisotopic (exact) mass is 404 g/mol. The number of amides is 2. The van der Waals surface area contributed by atoms with Gasteiger partial charge in [-0.1, -0.05) is 30.4 Å². The zero-order valence-corrected chi connectivity index (χ0v) is 16.0. The van der Waals surface area contributed by atoms with Crippen LogP contribution in [0.5, 0.6) is 0 Å². The summed E-state index contributed by atoms with van der Waals surface area (Å²) in [5.74, 6) is -1.14. The Kier molecular flexibility index (Phi) is 5.97. The van der Waals surface area contributed by atoms with Gasteiger partial charge in [-0.05, 0) is 32.1 Å². The van der Waals surface area contributed by atoms with Gasteiger partial charge in [0.05, 0.1) is 25.9 Å². The minimum absolute atomic E-state index is 0.00535. The van der Waals surface area contributed by atoms with E-state index in [1.54, 1.807) is 19.9 Å². The van der Waals surface area contributed by atoms with E-state index >= 15 is 0 Å². The Hall–Kier alpha value is -3.20. The maximum absolute atomic E-state index is 14.1. The van der Waals surface area contributed by atoms with E-state index in [-0.39, 0.29) is 25.4 Å². The highest BCUT2D eigenvalue weighted by molar-refractivity contribution is 6.02. The van der Waals surface area contributed by atoms with Crippen LogP contribution in [0.15, 0.2) is 48.6 Å². The van der Waals surface area contributed by atoms with E-state index in [4.69, 9.17) is 14.2 Å². The number of benzene rings is 1. The summed E-state index contributed by atoms with van der Waals surface area (Å²) < 4.78 is 30.0. The van der Waals surface area contributed by atoms with Crippen molar-refractivity contribution >= 4 is 18.0 Å². The zero-order chi connectivity index (χ0) is 21.0. The molecule has 8 nitrogen and oxygen atoms in total. The van der Waals surface area contributed by atoms with Gasteiger partial charge < -0.3 is 14.2 Å². The van der Waals surface area contributed by atoms with E-state index in [2.05, 4.69) is 0 Å². The van der Waals surface area contributed by atoms with Crippen molar-refractivity contribution in [2.24, 2.45) is 0 Å². The van der Waals surface area contributed by atoms with E-state index < -0.39 is 35.6 Å². The molecule has 1 aromatic carbocycles. The molecule has 0 radical (unpaired) electrons.